The van der Waals surface area contributed by atoms with Crippen molar-refractivity contribution in [2.24, 2.45) is 0 Å². The largest absolute Gasteiger partial charge is 0.236 e. The summed E-state index contributed by atoms with van der Waals surface area (Å²) >= 11 is 0. The third-order valence-electron chi connectivity index (χ3n) is 1.72. The van der Waals surface area contributed by atoms with Crippen molar-refractivity contribution in [1.82, 2.24) is 9.42 Å². The first-order valence-electron chi connectivity index (χ1n) is 3.17. The van der Waals surface area contributed by atoms with E-state index in [1.54, 1.807) is 0 Å². The second kappa shape index (κ2) is 2.82. The minimum Gasteiger partial charge on any atom is -0.236 e. The summed E-state index contributed by atoms with van der Waals surface area (Å²) in [5, 5.41) is 2.24. The maximum absolute atomic E-state index is 4.04. The molecule has 1 aliphatic rings. The molecule has 1 aliphatic heterocycles. The molecular weight excluding hydrogens is 132 g/mol. The average Bonchev–Trinajstić information content (AvgIpc) is 1.83. The van der Waals surface area contributed by atoms with Crippen LogP contribution in [-0.4, -0.2) is 41.7 Å². The molecule has 0 N–H and O–H groups in total. The van der Waals surface area contributed by atoms with Gasteiger partial charge in [-0.1, -0.05) is 5.87 Å². The van der Waals surface area contributed by atoms with Gasteiger partial charge in [-0.15, -0.1) is 10.7 Å². The molecule has 1 heterocycles. The number of hydrogen-bond acceptors (Lipinski definition) is 2. The Kier molecular flexibility index (Phi) is 2.27. The summed E-state index contributed by atoms with van der Waals surface area (Å²) in [5.74, 6) is 5.31. The molecule has 0 amide bonds. The lowest BCUT2D eigenvalue weighted by Gasteiger charge is -2.34. The summed E-state index contributed by atoms with van der Waals surface area (Å²) in [6.07, 6.45) is 1.30. The lowest BCUT2D eigenvalue weighted by atomic mass is 10.5. The number of rotatable bonds is 0. The average molecular weight is 146 g/mol. The van der Waals surface area contributed by atoms with Crippen LogP contribution in [-0.2, 0) is 0 Å². The van der Waals surface area contributed by atoms with Gasteiger partial charge in [-0.25, -0.2) is 5.01 Å². The van der Waals surface area contributed by atoms with Gasteiger partial charge in [-0.2, -0.15) is 4.41 Å². The molecule has 0 saturated carbocycles. The van der Waals surface area contributed by atoms with Gasteiger partial charge < -0.3 is 0 Å². The zero-order valence-corrected chi connectivity index (χ0v) is 6.95. The fraction of sp³-hybridized carbons (Fsp3) is 0.833. The van der Waals surface area contributed by atoms with E-state index in [9.17, 15) is 0 Å². The highest BCUT2D eigenvalue weighted by atomic mass is 32.2. The van der Waals surface area contributed by atoms with E-state index in [0.717, 1.165) is 0 Å². The minimum atomic E-state index is 0.244. The van der Waals surface area contributed by atoms with Gasteiger partial charge in [0.1, 0.15) is 0 Å². The molecule has 0 spiro atoms. The summed E-state index contributed by atoms with van der Waals surface area (Å²) in [4.78, 5) is 0. The van der Waals surface area contributed by atoms with Crippen LogP contribution in [0, 0.1) is 0 Å². The molecule has 0 aliphatic carbocycles. The fourth-order valence-corrected chi connectivity index (χ4v) is 2.13. The molecule has 1 atom stereocenters. The van der Waals surface area contributed by atoms with E-state index in [4.69, 9.17) is 0 Å². The first-order chi connectivity index (χ1) is 4.22. The monoisotopic (exact) mass is 146 g/mol. The first-order valence-corrected chi connectivity index (χ1v) is 4.69. The van der Waals surface area contributed by atoms with Gasteiger partial charge in [0.05, 0.1) is 0 Å². The highest BCUT2D eigenvalue weighted by molar-refractivity contribution is 8.11. The third-order valence-corrected chi connectivity index (χ3v) is 3.50. The smallest absolute Gasteiger partial charge is 0.0147 e. The van der Waals surface area contributed by atoms with Gasteiger partial charge in [0, 0.05) is 26.4 Å². The Balaban J connectivity index is 2.51. The van der Waals surface area contributed by atoms with Crippen LogP contribution in [0.15, 0.2) is 0 Å². The summed E-state index contributed by atoms with van der Waals surface area (Å²) in [6.45, 7) is 1.19. The highest BCUT2D eigenvalue weighted by Gasteiger charge is 2.12. The van der Waals surface area contributed by atoms with Crippen LogP contribution in [0.25, 0.3) is 0 Å². The Morgan fingerprint density at radius 3 is 2.56 bits per heavy atom. The molecule has 2 nitrogen and oxygen atoms in total. The molecule has 54 valence electrons. The Labute approximate surface area is 59.5 Å². The molecule has 9 heavy (non-hydrogen) atoms. The molecule has 0 aromatic rings. The van der Waals surface area contributed by atoms with Crippen molar-refractivity contribution in [2.75, 3.05) is 26.4 Å². The maximum atomic E-state index is 4.04. The topological polar surface area (TPSA) is 6.48 Å². The SMILES string of the molecule is C=S1CCCN(C)N1C. The van der Waals surface area contributed by atoms with Crippen molar-refractivity contribution in [1.29, 1.82) is 0 Å². The lowest BCUT2D eigenvalue weighted by Crippen LogP contribution is -2.37. The Hall–Kier alpha value is 0.140. The van der Waals surface area contributed by atoms with Crippen LogP contribution < -0.4 is 0 Å². The molecule has 1 fully saturated rings. The standard InChI is InChI=1S/C6H14N2S/c1-7-5-4-6-9(3)8(7)2/h3-6H2,1-2H3. The predicted molar refractivity (Wildman–Crippen MR) is 44.6 cm³/mol. The van der Waals surface area contributed by atoms with Gasteiger partial charge in [0.2, 0.25) is 0 Å². The molecule has 0 radical (unpaired) electrons. The van der Waals surface area contributed by atoms with Crippen molar-refractivity contribution < 1.29 is 0 Å². The summed E-state index contributed by atoms with van der Waals surface area (Å²) < 4.78 is 2.23. The number of hydrazine groups is 1. The minimum absolute atomic E-state index is 0.244. The zero-order valence-electron chi connectivity index (χ0n) is 6.13. The summed E-state index contributed by atoms with van der Waals surface area (Å²) in [5.41, 5.74) is 0. The van der Waals surface area contributed by atoms with Gasteiger partial charge in [-0.3, -0.25) is 0 Å². The van der Waals surface area contributed by atoms with Crippen molar-refractivity contribution >= 4 is 16.5 Å². The second-order valence-electron chi connectivity index (χ2n) is 2.37. The van der Waals surface area contributed by atoms with Gasteiger partial charge in [-0.05, 0) is 6.42 Å². The molecule has 0 aromatic heterocycles. The lowest BCUT2D eigenvalue weighted by molar-refractivity contribution is 0.125. The van der Waals surface area contributed by atoms with Gasteiger partial charge >= 0.3 is 0 Å². The molecule has 3 heteroatoms. The van der Waals surface area contributed by atoms with Crippen molar-refractivity contribution in [3.8, 4) is 0 Å². The molecule has 1 rings (SSSR count). The quantitative estimate of drug-likeness (QED) is 0.466. The van der Waals surface area contributed by atoms with Crippen LogP contribution in [0.3, 0.4) is 0 Å². The fourth-order valence-electron chi connectivity index (χ4n) is 0.930. The molecule has 0 aromatic carbocycles. The normalized spacial score (nSPS) is 32.9. The van der Waals surface area contributed by atoms with Gasteiger partial charge in [0.25, 0.3) is 0 Å². The van der Waals surface area contributed by atoms with Crippen molar-refractivity contribution in [2.45, 2.75) is 6.42 Å². The molecule has 1 unspecified atom stereocenters. The first kappa shape index (κ1) is 7.25. The van der Waals surface area contributed by atoms with Crippen molar-refractivity contribution in [3.63, 3.8) is 0 Å². The Bertz CT molecular complexity index is 124. The predicted octanol–water partition coefficient (Wildman–Crippen LogP) is 0.785. The highest BCUT2D eigenvalue weighted by Crippen LogP contribution is 2.22. The number of nitrogens with zero attached hydrogens (tertiary/aromatic N) is 2. The molecule has 1 saturated heterocycles. The Morgan fingerprint density at radius 2 is 2.11 bits per heavy atom. The molecule has 0 bridgehead atoms. The van der Waals surface area contributed by atoms with E-state index in [1.807, 2.05) is 0 Å². The van der Waals surface area contributed by atoms with Crippen LogP contribution in [0.4, 0.5) is 0 Å². The van der Waals surface area contributed by atoms with E-state index < -0.39 is 0 Å². The Morgan fingerprint density at radius 1 is 1.44 bits per heavy atom. The van der Waals surface area contributed by atoms with E-state index in [1.165, 1.54) is 18.7 Å². The van der Waals surface area contributed by atoms with E-state index in [2.05, 4.69) is 29.4 Å². The van der Waals surface area contributed by atoms with E-state index in [0.29, 0.717) is 0 Å². The third kappa shape index (κ3) is 1.53. The van der Waals surface area contributed by atoms with Crippen molar-refractivity contribution in [3.05, 3.63) is 0 Å². The maximum Gasteiger partial charge on any atom is 0.0147 e. The number of hydrogen-bond donors (Lipinski definition) is 0. The van der Waals surface area contributed by atoms with Crippen LogP contribution in [0.2, 0.25) is 0 Å². The van der Waals surface area contributed by atoms with Crippen LogP contribution in [0.1, 0.15) is 6.42 Å². The van der Waals surface area contributed by atoms with E-state index >= 15 is 0 Å². The summed E-state index contributed by atoms with van der Waals surface area (Å²) in [6, 6.07) is 0. The van der Waals surface area contributed by atoms with Gasteiger partial charge in [0.15, 0.2) is 0 Å². The van der Waals surface area contributed by atoms with Crippen LogP contribution in [0.5, 0.6) is 0 Å². The van der Waals surface area contributed by atoms with Crippen LogP contribution >= 0.6 is 10.7 Å². The van der Waals surface area contributed by atoms with E-state index in [-0.39, 0.29) is 10.7 Å². The second-order valence-corrected chi connectivity index (χ2v) is 4.23. The summed E-state index contributed by atoms with van der Waals surface area (Å²) in [7, 11) is 4.47. The molecular formula is C6H14N2S. The zero-order chi connectivity index (χ0) is 6.85.